The summed E-state index contributed by atoms with van der Waals surface area (Å²) in [4.78, 5) is 0. The van der Waals surface area contributed by atoms with E-state index >= 15 is 0 Å². The predicted octanol–water partition coefficient (Wildman–Crippen LogP) is 3.69. The van der Waals surface area contributed by atoms with E-state index in [1.165, 1.54) is 24.3 Å². The molecule has 0 fully saturated rings. The molecule has 0 radical (unpaired) electrons. The Kier molecular flexibility index (Phi) is 3.99. The molecule has 2 aromatic carbocycles. The van der Waals surface area contributed by atoms with Crippen LogP contribution in [-0.2, 0) is 12.6 Å². The highest BCUT2D eigenvalue weighted by Gasteiger charge is 2.30. The van der Waals surface area contributed by atoms with Crippen molar-refractivity contribution >= 4 is 0 Å². The van der Waals surface area contributed by atoms with Crippen LogP contribution in [0.15, 0.2) is 48.5 Å². The molecule has 0 aliphatic heterocycles. The molecule has 2 N–H and O–H groups in total. The highest BCUT2D eigenvalue weighted by atomic mass is 19.4. The minimum atomic E-state index is -4.38. The summed E-state index contributed by atoms with van der Waals surface area (Å²) in [5, 5.41) is 19.3. The Balaban J connectivity index is 2.11. The summed E-state index contributed by atoms with van der Waals surface area (Å²) in [5.41, 5.74) is 0.365. The molecule has 106 valence electrons. The standard InChI is InChI=1S/C15H13F3O2/c16-15(17,18)12-6-4-11(5-7-12)14(20)9-10-2-1-3-13(19)8-10/h1-8,14,19-20H,9H2. The zero-order valence-electron chi connectivity index (χ0n) is 10.4. The molecule has 20 heavy (non-hydrogen) atoms. The zero-order valence-corrected chi connectivity index (χ0v) is 10.4. The van der Waals surface area contributed by atoms with Crippen molar-refractivity contribution < 1.29 is 23.4 Å². The van der Waals surface area contributed by atoms with Crippen LogP contribution in [0.5, 0.6) is 5.75 Å². The van der Waals surface area contributed by atoms with Crippen LogP contribution < -0.4 is 0 Å². The second-order valence-electron chi connectivity index (χ2n) is 4.51. The third kappa shape index (κ3) is 3.51. The lowest BCUT2D eigenvalue weighted by Crippen LogP contribution is -2.06. The SMILES string of the molecule is Oc1cccc(CC(O)c2ccc(C(F)(F)F)cc2)c1. The molecule has 1 atom stereocenters. The Morgan fingerprint density at radius 3 is 2.20 bits per heavy atom. The summed E-state index contributed by atoms with van der Waals surface area (Å²) in [6.07, 6.45) is -5.08. The molecular formula is C15H13F3O2. The number of rotatable bonds is 3. The van der Waals surface area contributed by atoms with Gasteiger partial charge in [-0.3, -0.25) is 0 Å². The molecule has 0 saturated heterocycles. The van der Waals surface area contributed by atoms with Crippen LogP contribution in [0.4, 0.5) is 13.2 Å². The fraction of sp³-hybridized carbons (Fsp3) is 0.200. The number of halogens is 3. The minimum Gasteiger partial charge on any atom is -0.508 e. The summed E-state index contributed by atoms with van der Waals surface area (Å²) in [6, 6.07) is 10.8. The summed E-state index contributed by atoms with van der Waals surface area (Å²) in [7, 11) is 0. The molecule has 0 amide bonds. The molecule has 2 aromatic rings. The van der Waals surface area contributed by atoms with Gasteiger partial charge in [-0.25, -0.2) is 0 Å². The van der Waals surface area contributed by atoms with Gasteiger partial charge in [-0.1, -0.05) is 24.3 Å². The van der Waals surface area contributed by atoms with Crippen LogP contribution in [0, 0.1) is 0 Å². The first-order chi connectivity index (χ1) is 9.36. The van der Waals surface area contributed by atoms with E-state index < -0.39 is 17.8 Å². The van der Waals surface area contributed by atoms with E-state index in [1.807, 2.05) is 0 Å². The molecule has 0 aliphatic rings. The molecule has 0 heterocycles. The number of phenolic OH excluding ortho intramolecular Hbond substituents is 1. The zero-order chi connectivity index (χ0) is 14.8. The summed E-state index contributed by atoms with van der Waals surface area (Å²) < 4.78 is 37.3. The molecule has 2 rings (SSSR count). The third-order valence-corrected chi connectivity index (χ3v) is 2.96. The van der Waals surface area contributed by atoms with Crippen LogP contribution >= 0.6 is 0 Å². The minimum absolute atomic E-state index is 0.0853. The largest absolute Gasteiger partial charge is 0.508 e. The molecule has 0 spiro atoms. The fourth-order valence-electron chi connectivity index (χ4n) is 1.92. The molecule has 5 heteroatoms. The number of benzene rings is 2. The Bertz CT molecular complexity index is 576. The van der Waals surface area contributed by atoms with E-state index in [2.05, 4.69) is 0 Å². The normalized spacial score (nSPS) is 13.2. The van der Waals surface area contributed by atoms with E-state index in [4.69, 9.17) is 0 Å². The fourth-order valence-corrected chi connectivity index (χ4v) is 1.92. The number of hydrogen-bond donors (Lipinski definition) is 2. The van der Waals surface area contributed by atoms with Crippen molar-refractivity contribution in [2.24, 2.45) is 0 Å². The number of phenols is 1. The summed E-state index contributed by atoms with van der Waals surface area (Å²) >= 11 is 0. The van der Waals surface area contributed by atoms with Crippen molar-refractivity contribution in [3.63, 3.8) is 0 Å². The van der Waals surface area contributed by atoms with Crippen molar-refractivity contribution in [2.45, 2.75) is 18.7 Å². The van der Waals surface area contributed by atoms with Gasteiger partial charge < -0.3 is 10.2 Å². The van der Waals surface area contributed by atoms with E-state index in [0.29, 0.717) is 11.1 Å². The Morgan fingerprint density at radius 1 is 1.00 bits per heavy atom. The average Bonchev–Trinajstić information content (AvgIpc) is 2.38. The molecule has 0 saturated carbocycles. The third-order valence-electron chi connectivity index (χ3n) is 2.96. The molecule has 0 aliphatic carbocycles. The predicted molar refractivity (Wildman–Crippen MR) is 68.2 cm³/mol. The highest BCUT2D eigenvalue weighted by Crippen LogP contribution is 2.30. The van der Waals surface area contributed by atoms with E-state index in [0.717, 1.165) is 12.1 Å². The number of alkyl halides is 3. The molecule has 0 aromatic heterocycles. The first-order valence-corrected chi connectivity index (χ1v) is 5.99. The van der Waals surface area contributed by atoms with Gasteiger partial charge in [-0.05, 0) is 35.4 Å². The van der Waals surface area contributed by atoms with Gasteiger partial charge in [0.15, 0.2) is 0 Å². The van der Waals surface area contributed by atoms with E-state index in [-0.39, 0.29) is 12.2 Å². The first kappa shape index (κ1) is 14.4. The molecule has 0 bridgehead atoms. The van der Waals surface area contributed by atoms with Gasteiger partial charge >= 0.3 is 6.18 Å². The maximum atomic E-state index is 12.4. The van der Waals surface area contributed by atoms with Gasteiger partial charge in [0.25, 0.3) is 0 Å². The lowest BCUT2D eigenvalue weighted by Gasteiger charge is -2.13. The van der Waals surface area contributed by atoms with Crippen LogP contribution in [0.2, 0.25) is 0 Å². The smallest absolute Gasteiger partial charge is 0.416 e. The topological polar surface area (TPSA) is 40.5 Å². The Hall–Kier alpha value is -2.01. The van der Waals surface area contributed by atoms with Crippen molar-refractivity contribution in [3.8, 4) is 5.75 Å². The summed E-state index contributed by atoms with van der Waals surface area (Å²) in [5.74, 6) is 0.0853. The molecule has 2 nitrogen and oxygen atoms in total. The van der Waals surface area contributed by atoms with Gasteiger partial charge in [-0.2, -0.15) is 13.2 Å². The molecule has 1 unspecified atom stereocenters. The van der Waals surface area contributed by atoms with Crippen LogP contribution in [0.1, 0.15) is 22.8 Å². The Labute approximate surface area is 114 Å². The average molecular weight is 282 g/mol. The second-order valence-corrected chi connectivity index (χ2v) is 4.51. The van der Waals surface area contributed by atoms with E-state index in [9.17, 15) is 23.4 Å². The number of hydrogen-bond acceptors (Lipinski definition) is 2. The van der Waals surface area contributed by atoms with Gasteiger partial charge in [0.05, 0.1) is 11.7 Å². The van der Waals surface area contributed by atoms with Crippen LogP contribution in [-0.4, -0.2) is 10.2 Å². The van der Waals surface area contributed by atoms with Gasteiger partial charge in [-0.15, -0.1) is 0 Å². The van der Waals surface area contributed by atoms with Crippen molar-refractivity contribution in [1.82, 2.24) is 0 Å². The van der Waals surface area contributed by atoms with Crippen molar-refractivity contribution in [3.05, 3.63) is 65.2 Å². The quantitative estimate of drug-likeness (QED) is 0.901. The lowest BCUT2D eigenvalue weighted by atomic mass is 10.00. The Morgan fingerprint density at radius 2 is 1.65 bits per heavy atom. The molecular weight excluding hydrogens is 269 g/mol. The van der Waals surface area contributed by atoms with Gasteiger partial charge in [0, 0.05) is 6.42 Å². The number of aliphatic hydroxyl groups is 1. The van der Waals surface area contributed by atoms with Crippen LogP contribution in [0.25, 0.3) is 0 Å². The van der Waals surface area contributed by atoms with Gasteiger partial charge in [0.1, 0.15) is 5.75 Å². The van der Waals surface area contributed by atoms with E-state index in [1.54, 1.807) is 12.1 Å². The number of aromatic hydroxyl groups is 1. The van der Waals surface area contributed by atoms with Gasteiger partial charge in [0.2, 0.25) is 0 Å². The summed E-state index contributed by atoms with van der Waals surface area (Å²) in [6.45, 7) is 0. The monoisotopic (exact) mass is 282 g/mol. The maximum Gasteiger partial charge on any atom is 0.416 e. The highest BCUT2D eigenvalue weighted by molar-refractivity contribution is 5.30. The maximum absolute atomic E-state index is 12.4. The van der Waals surface area contributed by atoms with Crippen molar-refractivity contribution in [2.75, 3.05) is 0 Å². The number of aliphatic hydroxyl groups excluding tert-OH is 1. The first-order valence-electron chi connectivity index (χ1n) is 5.99. The second kappa shape index (κ2) is 5.54. The van der Waals surface area contributed by atoms with Crippen molar-refractivity contribution in [1.29, 1.82) is 0 Å². The van der Waals surface area contributed by atoms with Crippen LogP contribution in [0.3, 0.4) is 0 Å². The lowest BCUT2D eigenvalue weighted by molar-refractivity contribution is -0.137.